The lowest BCUT2D eigenvalue weighted by Gasteiger charge is -2.28. The molecule has 0 aromatic heterocycles. The number of likely N-dealkylation sites (N-methyl/N-ethyl adjacent to an activating group) is 1. The summed E-state index contributed by atoms with van der Waals surface area (Å²) in [5, 5.41) is 0. The van der Waals surface area contributed by atoms with Gasteiger partial charge in [0.1, 0.15) is 0 Å². The van der Waals surface area contributed by atoms with E-state index in [1.807, 2.05) is 0 Å². The van der Waals surface area contributed by atoms with E-state index >= 15 is 0 Å². The predicted octanol–water partition coefficient (Wildman–Crippen LogP) is -0.103. The molecule has 0 aromatic rings. The van der Waals surface area contributed by atoms with Crippen LogP contribution in [0.4, 0.5) is 0 Å². The van der Waals surface area contributed by atoms with Gasteiger partial charge in [-0.1, -0.05) is 0 Å². The quantitative estimate of drug-likeness (QED) is 0.600. The summed E-state index contributed by atoms with van der Waals surface area (Å²) in [6.45, 7) is 8.03. The second-order valence-electron chi connectivity index (χ2n) is 3.75. The van der Waals surface area contributed by atoms with Gasteiger partial charge in [-0.15, -0.1) is 0 Å². The summed E-state index contributed by atoms with van der Waals surface area (Å²) in [6, 6.07) is 0. The Bertz CT molecular complexity index is 138. The van der Waals surface area contributed by atoms with Crippen molar-refractivity contribution < 1.29 is 9.47 Å². The molecule has 1 heterocycles. The highest BCUT2D eigenvalue weighted by Crippen LogP contribution is 1.96. The van der Waals surface area contributed by atoms with E-state index in [1.165, 1.54) is 0 Å². The van der Waals surface area contributed by atoms with Gasteiger partial charge in [-0.25, -0.2) is 0 Å². The van der Waals surface area contributed by atoms with Gasteiger partial charge in [-0.3, -0.25) is 4.90 Å². The Morgan fingerprint density at radius 1 is 1.29 bits per heavy atom. The maximum Gasteiger partial charge on any atom is 0.0594 e. The largest absolute Gasteiger partial charge is 0.383 e. The Labute approximate surface area is 86.8 Å². The molecule has 0 unspecified atom stereocenters. The number of hydrogen-bond donors (Lipinski definition) is 0. The highest BCUT2D eigenvalue weighted by atomic mass is 16.5. The zero-order chi connectivity index (χ0) is 10.2. The molecular formula is C10H22N2O2. The lowest BCUT2D eigenvalue weighted by Crippen LogP contribution is -2.41. The number of rotatable bonds is 6. The Morgan fingerprint density at radius 3 is 2.64 bits per heavy atom. The molecule has 1 rings (SSSR count). The maximum atomic E-state index is 5.30. The van der Waals surface area contributed by atoms with Crippen molar-refractivity contribution in [3.63, 3.8) is 0 Å². The highest BCUT2D eigenvalue weighted by Gasteiger charge is 2.10. The zero-order valence-corrected chi connectivity index (χ0v) is 9.37. The molecule has 4 nitrogen and oxygen atoms in total. The second kappa shape index (κ2) is 7.17. The van der Waals surface area contributed by atoms with Gasteiger partial charge >= 0.3 is 0 Å². The number of ether oxygens (including phenoxy) is 2. The first-order chi connectivity index (χ1) is 6.83. The van der Waals surface area contributed by atoms with Crippen molar-refractivity contribution in [2.45, 2.75) is 0 Å². The van der Waals surface area contributed by atoms with Gasteiger partial charge in [0.05, 0.1) is 19.8 Å². The van der Waals surface area contributed by atoms with E-state index < -0.39 is 0 Å². The lowest BCUT2D eigenvalue weighted by molar-refractivity contribution is 0.0334. The van der Waals surface area contributed by atoms with Gasteiger partial charge < -0.3 is 14.4 Å². The minimum absolute atomic E-state index is 0.819. The van der Waals surface area contributed by atoms with Crippen LogP contribution in [-0.2, 0) is 9.47 Å². The zero-order valence-electron chi connectivity index (χ0n) is 9.37. The molecule has 84 valence electrons. The Morgan fingerprint density at radius 2 is 2.00 bits per heavy atom. The van der Waals surface area contributed by atoms with Crippen LogP contribution in [0.15, 0.2) is 0 Å². The van der Waals surface area contributed by atoms with E-state index in [1.54, 1.807) is 7.11 Å². The van der Waals surface area contributed by atoms with Crippen LogP contribution in [-0.4, -0.2) is 76.5 Å². The highest BCUT2D eigenvalue weighted by molar-refractivity contribution is 4.63. The number of morpholine rings is 1. The molecule has 4 heteroatoms. The molecule has 0 amide bonds. The fraction of sp³-hybridized carbons (Fsp3) is 1.00. The molecule has 1 fully saturated rings. The standard InChI is InChI=1S/C10H22N2O2/c1-11(5-8-13-2)3-4-12-6-9-14-10-7-12/h3-10H2,1-2H3. The maximum absolute atomic E-state index is 5.30. The van der Waals surface area contributed by atoms with Crippen LogP contribution < -0.4 is 0 Å². The van der Waals surface area contributed by atoms with Gasteiger partial charge in [-0.2, -0.15) is 0 Å². The molecule has 1 aliphatic rings. The van der Waals surface area contributed by atoms with Crippen LogP contribution in [0.5, 0.6) is 0 Å². The minimum atomic E-state index is 0.819. The van der Waals surface area contributed by atoms with E-state index in [0.717, 1.165) is 52.5 Å². The summed E-state index contributed by atoms with van der Waals surface area (Å²) >= 11 is 0. The van der Waals surface area contributed by atoms with E-state index in [2.05, 4.69) is 16.8 Å². The minimum Gasteiger partial charge on any atom is -0.383 e. The first kappa shape index (κ1) is 11.9. The summed E-state index contributed by atoms with van der Waals surface area (Å²) < 4.78 is 10.3. The molecule has 0 aliphatic carbocycles. The van der Waals surface area contributed by atoms with Crippen molar-refractivity contribution in [1.29, 1.82) is 0 Å². The average molecular weight is 202 g/mol. The van der Waals surface area contributed by atoms with Crippen LogP contribution >= 0.6 is 0 Å². The Kier molecular flexibility index (Phi) is 6.10. The monoisotopic (exact) mass is 202 g/mol. The van der Waals surface area contributed by atoms with Gasteiger partial charge in [0.2, 0.25) is 0 Å². The topological polar surface area (TPSA) is 24.9 Å². The first-order valence-corrected chi connectivity index (χ1v) is 5.30. The van der Waals surface area contributed by atoms with E-state index in [0.29, 0.717) is 0 Å². The molecule has 1 aliphatic heterocycles. The molecule has 0 N–H and O–H groups in total. The van der Waals surface area contributed by atoms with E-state index in [4.69, 9.17) is 9.47 Å². The van der Waals surface area contributed by atoms with Crippen molar-refractivity contribution in [3.05, 3.63) is 0 Å². The molecule has 1 saturated heterocycles. The third kappa shape index (κ3) is 4.91. The molecule has 0 saturated carbocycles. The van der Waals surface area contributed by atoms with Crippen LogP contribution in [0, 0.1) is 0 Å². The third-order valence-electron chi connectivity index (χ3n) is 2.58. The molecule has 14 heavy (non-hydrogen) atoms. The van der Waals surface area contributed by atoms with Gasteiger partial charge in [-0.05, 0) is 7.05 Å². The van der Waals surface area contributed by atoms with Crippen LogP contribution in [0.1, 0.15) is 0 Å². The summed E-state index contributed by atoms with van der Waals surface area (Å²) in [5.41, 5.74) is 0. The number of methoxy groups -OCH3 is 1. The fourth-order valence-electron chi connectivity index (χ4n) is 1.50. The number of hydrogen-bond acceptors (Lipinski definition) is 4. The van der Waals surface area contributed by atoms with Crippen molar-refractivity contribution in [1.82, 2.24) is 9.80 Å². The molecule has 0 spiro atoms. The van der Waals surface area contributed by atoms with Gasteiger partial charge in [0.25, 0.3) is 0 Å². The summed E-state index contributed by atoms with van der Waals surface area (Å²) in [7, 11) is 3.88. The first-order valence-electron chi connectivity index (χ1n) is 5.30. The normalized spacial score (nSPS) is 19.1. The van der Waals surface area contributed by atoms with Gasteiger partial charge in [0, 0.05) is 39.8 Å². The van der Waals surface area contributed by atoms with Gasteiger partial charge in [0.15, 0.2) is 0 Å². The predicted molar refractivity (Wildman–Crippen MR) is 56.6 cm³/mol. The van der Waals surface area contributed by atoms with Crippen molar-refractivity contribution in [2.75, 3.05) is 66.7 Å². The van der Waals surface area contributed by atoms with Crippen LogP contribution in [0.25, 0.3) is 0 Å². The van der Waals surface area contributed by atoms with Crippen molar-refractivity contribution in [3.8, 4) is 0 Å². The van der Waals surface area contributed by atoms with Crippen molar-refractivity contribution >= 4 is 0 Å². The Hall–Kier alpha value is -0.160. The molecular weight excluding hydrogens is 180 g/mol. The molecule has 0 radical (unpaired) electrons. The molecule has 0 atom stereocenters. The SMILES string of the molecule is COCCN(C)CCN1CCOCC1. The lowest BCUT2D eigenvalue weighted by atomic mass is 10.4. The van der Waals surface area contributed by atoms with E-state index in [-0.39, 0.29) is 0 Å². The van der Waals surface area contributed by atoms with Crippen molar-refractivity contribution in [2.24, 2.45) is 0 Å². The smallest absolute Gasteiger partial charge is 0.0594 e. The summed E-state index contributed by atoms with van der Waals surface area (Å²) in [6.07, 6.45) is 0. The summed E-state index contributed by atoms with van der Waals surface area (Å²) in [4.78, 5) is 4.76. The fourth-order valence-corrected chi connectivity index (χ4v) is 1.50. The van der Waals surface area contributed by atoms with E-state index in [9.17, 15) is 0 Å². The second-order valence-corrected chi connectivity index (χ2v) is 3.75. The Balaban J connectivity index is 2.00. The van der Waals surface area contributed by atoms with Crippen LogP contribution in [0.3, 0.4) is 0 Å². The summed E-state index contributed by atoms with van der Waals surface area (Å²) in [5.74, 6) is 0. The third-order valence-corrected chi connectivity index (χ3v) is 2.58. The molecule has 0 aromatic carbocycles. The average Bonchev–Trinajstić information content (AvgIpc) is 2.25. The van der Waals surface area contributed by atoms with Crippen LogP contribution in [0.2, 0.25) is 0 Å². The number of nitrogens with zero attached hydrogens (tertiary/aromatic N) is 2. The molecule has 0 bridgehead atoms.